The van der Waals surface area contributed by atoms with Crippen LogP contribution in [0.5, 0.6) is 5.75 Å². The molecule has 2 aromatic rings. The van der Waals surface area contributed by atoms with Gasteiger partial charge in [0.2, 0.25) is 0 Å². The van der Waals surface area contributed by atoms with Gasteiger partial charge in [-0.1, -0.05) is 6.07 Å². The molecule has 0 spiro atoms. The minimum atomic E-state index is -0.734. The van der Waals surface area contributed by atoms with Gasteiger partial charge in [0.15, 0.2) is 0 Å². The Morgan fingerprint density at radius 2 is 1.95 bits per heavy atom. The van der Waals surface area contributed by atoms with Gasteiger partial charge in [0.05, 0.1) is 11.3 Å². The highest BCUT2D eigenvalue weighted by molar-refractivity contribution is 6.06. The van der Waals surface area contributed by atoms with Crippen molar-refractivity contribution < 1.29 is 18.7 Å². The molecule has 0 atom stereocenters. The van der Waals surface area contributed by atoms with Crippen molar-refractivity contribution in [1.29, 1.82) is 0 Å². The van der Waals surface area contributed by atoms with Gasteiger partial charge in [0.1, 0.15) is 17.4 Å². The molecule has 0 aliphatic carbocycles. The molecule has 0 bridgehead atoms. The summed E-state index contributed by atoms with van der Waals surface area (Å²) in [5.74, 6) is -2.55. The van der Waals surface area contributed by atoms with Crippen molar-refractivity contribution in [3.63, 3.8) is 0 Å². The average Bonchev–Trinajstić information content (AvgIpc) is 2.40. The van der Waals surface area contributed by atoms with Gasteiger partial charge < -0.3 is 16.2 Å². The molecule has 0 aromatic heterocycles. The normalized spacial score (nSPS) is 10.3. The van der Waals surface area contributed by atoms with Crippen LogP contribution in [0.25, 0.3) is 0 Å². The molecule has 2 aromatic carbocycles. The fourth-order valence-electron chi connectivity index (χ4n) is 1.67. The highest BCUT2D eigenvalue weighted by Gasteiger charge is 2.14. The standard InChI is InChI=1S/C14H12F2N2O2/c15-9-2-3-10(13(19)6-9)14(20)18-12-4-1-8(7-17)5-11(12)16/h1-6,19H,7,17H2,(H,18,20). The second-order valence-corrected chi connectivity index (χ2v) is 4.13. The number of aromatic hydroxyl groups is 1. The Bertz CT molecular complexity index is 660. The SMILES string of the molecule is NCc1ccc(NC(=O)c2ccc(F)cc2O)c(F)c1. The van der Waals surface area contributed by atoms with Crippen molar-refractivity contribution in [2.75, 3.05) is 5.32 Å². The number of rotatable bonds is 3. The molecule has 0 saturated carbocycles. The summed E-state index contributed by atoms with van der Waals surface area (Å²) in [7, 11) is 0. The summed E-state index contributed by atoms with van der Waals surface area (Å²) >= 11 is 0. The van der Waals surface area contributed by atoms with Crippen molar-refractivity contribution in [1.82, 2.24) is 0 Å². The Kier molecular flexibility index (Phi) is 3.95. The molecule has 0 radical (unpaired) electrons. The van der Waals surface area contributed by atoms with E-state index in [0.29, 0.717) is 5.56 Å². The highest BCUT2D eigenvalue weighted by Crippen LogP contribution is 2.21. The van der Waals surface area contributed by atoms with Gasteiger partial charge in [-0.15, -0.1) is 0 Å². The highest BCUT2D eigenvalue weighted by atomic mass is 19.1. The Balaban J connectivity index is 2.23. The molecule has 4 N–H and O–H groups in total. The summed E-state index contributed by atoms with van der Waals surface area (Å²) in [6, 6.07) is 7.11. The molecule has 0 unspecified atom stereocenters. The minimum Gasteiger partial charge on any atom is -0.507 e. The number of phenols is 1. The fraction of sp³-hybridized carbons (Fsp3) is 0.0714. The second kappa shape index (κ2) is 5.66. The van der Waals surface area contributed by atoms with Crippen LogP contribution < -0.4 is 11.1 Å². The number of carbonyl (C=O) groups is 1. The zero-order valence-corrected chi connectivity index (χ0v) is 10.4. The zero-order chi connectivity index (χ0) is 14.7. The van der Waals surface area contributed by atoms with Gasteiger partial charge in [-0.05, 0) is 29.8 Å². The molecule has 0 saturated heterocycles. The molecule has 20 heavy (non-hydrogen) atoms. The maximum absolute atomic E-state index is 13.7. The lowest BCUT2D eigenvalue weighted by Gasteiger charge is -2.08. The molecule has 0 aliphatic heterocycles. The van der Waals surface area contributed by atoms with Gasteiger partial charge in [0.25, 0.3) is 5.91 Å². The number of hydrogen-bond donors (Lipinski definition) is 3. The number of anilines is 1. The van der Waals surface area contributed by atoms with Crippen LogP contribution in [0.1, 0.15) is 15.9 Å². The van der Waals surface area contributed by atoms with E-state index in [2.05, 4.69) is 5.32 Å². The zero-order valence-electron chi connectivity index (χ0n) is 10.4. The van der Waals surface area contributed by atoms with E-state index in [4.69, 9.17) is 5.73 Å². The first-order valence-corrected chi connectivity index (χ1v) is 5.79. The van der Waals surface area contributed by atoms with Crippen molar-refractivity contribution in [2.45, 2.75) is 6.54 Å². The number of amides is 1. The fourth-order valence-corrected chi connectivity index (χ4v) is 1.67. The van der Waals surface area contributed by atoms with Crippen molar-refractivity contribution in [2.24, 2.45) is 5.73 Å². The number of nitrogens with one attached hydrogen (secondary N) is 1. The first kappa shape index (κ1) is 14.0. The molecule has 104 valence electrons. The molecule has 4 nitrogen and oxygen atoms in total. The molecule has 2 rings (SSSR count). The molecule has 0 fully saturated rings. The number of halogens is 2. The van der Waals surface area contributed by atoms with Crippen LogP contribution in [0.15, 0.2) is 36.4 Å². The van der Waals surface area contributed by atoms with Gasteiger partial charge in [-0.3, -0.25) is 4.79 Å². The summed E-state index contributed by atoms with van der Waals surface area (Å²) < 4.78 is 26.5. The smallest absolute Gasteiger partial charge is 0.259 e. The Labute approximate surface area is 113 Å². The molecule has 1 amide bonds. The lowest BCUT2D eigenvalue weighted by atomic mass is 10.1. The van der Waals surface area contributed by atoms with E-state index in [1.807, 2.05) is 0 Å². The predicted octanol–water partition coefficient (Wildman–Crippen LogP) is 2.38. The van der Waals surface area contributed by atoms with E-state index in [9.17, 15) is 18.7 Å². The number of benzene rings is 2. The first-order valence-electron chi connectivity index (χ1n) is 5.79. The minimum absolute atomic E-state index is 0.0454. The molecule has 6 heteroatoms. The van der Waals surface area contributed by atoms with Crippen LogP contribution in [0.4, 0.5) is 14.5 Å². The molecule has 0 aliphatic rings. The Morgan fingerprint density at radius 3 is 2.55 bits per heavy atom. The van der Waals surface area contributed by atoms with Crippen LogP contribution >= 0.6 is 0 Å². The summed E-state index contributed by atoms with van der Waals surface area (Å²) in [4.78, 5) is 11.9. The summed E-state index contributed by atoms with van der Waals surface area (Å²) in [5.41, 5.74) is 5.77. The van der Waals surface area contributed by atoms with Crippen LogP contribution in [0.2, 0.25) is 0 Å². The van der Waals surface area contributed by atoms with E-state index >= 15 is 0 Å². The first-order chi connectivity index (χ1) is 9.51. The van der Waals surface area contributed by atoms with Gasteiger partial charge in [-0.2, -0.15) is 0 Å². The van der Waals surface area contributed by atoms with Crippen LogP contribution in [0.3, 0.4) is 0 Å². The third kappa shape index (κ3) is 2.92. The van der Waals surface area contributed by atoms with Gasteiger partial charge >= 0.3 is 0 Å². The van der Waals surface area contributed by atoms with E-state index < -0.39 is 23.3 Å². The van der Waals surface area contributed by atoms with Crippen molar-refractivity contribution >= 4 is 11.6 Å². The maximum atomic E-state index is 13.7. The maximum Gasteiger partial charge on any atom is 0.259 e. The molecule has 0 heterocycles. The molecular weight excluding hydrogens is 266 g/mol. The Morgan fingerprint density at radius 1 is 1.20 bits per heavy atom. The lowest BCUT2D eigenvalue weighted by molar-refractivity contribution is 0.102. The van der Waals surface area contributed by atoms with E-state index in [1.165, 1.54) is 12.1 Å². The number of phenolic OH excluding ortho intramolecular Hbond substituents is 1. The third-order valence-electron chi connectivity index (χ3n) is 2.72. The van der Waals surface area contributed by atoms with E-state index in [0.717, 1.165) is 18.2 Å². The van der Waals surface area contributed by atoms with Crippen molar-refractivity contribution in [3.05, 3.63) is 59.2 Å². The summed E-state index contributed by atoms with van der Waals surface area (Å²) in [5, 5.41) is 11.8. The summed E-state index contributed by atoms with van der Waals surface area (Å²) in [6.45, 7) is 0.184. The topological polar surface area (TPSA) is 75.3 Å². The second-order valence-electron chi connectivity index (χ2n) is 4.13. The monoisotopic (exact) mass is 278 g/mol. The third-order valence-corrected chi connectivity index (χ3v) is 2.72. The summed E-state index contributed by atoms with van der Waals surface area (Å²) in [6.07, 6.45) is 0. The van der Waals surface area contributed by atoms with Crippen LogP contribution in [-0.2, 0) is 6.54 Å². The number of hydrogen-bond acceptors (Lipinski definition) is 3. The molecular formula is C14H12F2N2O2. The van der Waals surface area contributed by atoms with E-state index in [1.54, 1.807) is 6.07 Å². The van der Waals surface area contributed by atoms with Crippen LogP contribution in [-0.4, -0.2) is 11.0 Å². The van der Waals surface area contributed by atoms with Gasteiger partial charge in [0, 0.05) is 12.6 Å². The largest absolute Gasteiger partial charge is 0.507 e. The lowest BCUT2D eigenvalue weighted by Crippen LogP contribution is -2.13. The van der Waals surface area contributed by atoms with Gasteiger partial charge in [-0.25, -0.2) is 8.78 Å². The van der Waals surface area contributed by atoms with Crippen LogP contribution in [0, 0.1) is 11.6 Å². The quantitative estimate of drug-likeness (QED) is 0.807. The average molecular weight is 278 g/mol. The number of nitrogens with two attached hydrogens (primary N) is 1. The Hall–Kier alpha value is -2.47. The predicted molar refractivity (Wildman–Crippen MR) is 70.3 cm³/mol. The van der Waals surface area contributed by atoms with E-state index in [-0.39, 0.29) is 17.8 Å². The van der Waals surface area contributed by atoms with Crippen molar-refractivity contribution in [3.8, 4) is 5.75 Å². The number of carbonyl (C=O) groups excluding carboxylic acids is 1.